The van der Waals surface area contributed by atoms with Crippen LogP contribution in [0.5, 0.6) is 0 Å². The van der Waals surface area contributed by atoms with Gasteiger partial charge in [0.25, 0.3) is 0 Å². The van der Waals surface area contributed by atoms with E-state index in [1.807, 2.05) is 6.07 Å². The summed E-state index contributed by atoms with van der Waals surface area (Å²) in [6, 6.07) is 12.5. The van der Waals surface area contributed by atoms with Gasteiger partial charge in [-0.15, -0.1) is 0 Å². The van der Waals surface area contributed by atoms with Gasteiger partial charge in [-0.2, -0.15) is 0 Å². The number of para-hydroxylation sites is 1. The number of hydrogen-bond acceptors (Lipinski definition) is 2. The predicted octanol–water partition coefficient (Wildman–Crippen LogP) is 2.73. The highest BCUT2D eigenvalue weighted by Crippen LogP contribution is 2.27. The van der Waals surface area contributed by atoms with Crippen LogP contribution in [0.1, 0.15) is 18.5 Å². The van der Waals surface area contributed by atoms with Crippen molar-refractivity contribution < 1.29 is 0 Å². The highest BCUT2D eigenvalue weighted by molar-refractivity contribution is 5.78. The molecule has 2 heteroatoms. The Morgan fingerprint density at radius 3 is 2.88 bits per heavy atom. The fraction of sp³-hybridized carbons (Fsp3) is 0.357. The van der Waals surface area contributed by atoms with Crippen molar-refractivity contribution in [3.05, 3.63) is 42.1 Å². The van der Waals surface area contributed by atoms with E-state index in [2.05, 4.69) is 40.6 Å². The number of nitrogens with one attached hydrogen (secondary N) is 1. The Morgan fingerprint density at radius 1 is 1.12 bits per heavy atom. The molecule has 1 saturated carbocycles. The summed E-state index contributed by atoms with van der Waals surface area (Å²) in [6.07, 6.45) is 2.80. The fourth-order valence-corrected chi connectivity index (χ4v) is 1.93. The van der Waals surface area contributed by atoms with Crippen molar-refractivity contribution >= 4 is 10.9 Å². The second kappa shape index (κ2) is 4.22. The first kappa shape index (κ1) is 9.79. The molecule has 0 spiro atoms. The van der Waals surface area contributed by atoms with Crippen LogP contribution >= 0.6 is 0 Å². The lowest BCUT2D eigenvalue weighted by Gasteiger charge is -2.04. The lowest BCUT2D eigenvalue weighted by atomic mass is 10.2. The van der Waals surface area contributed by atoms with E-state index in [0.29, 0.717) is 0 Å². The predicted molar refractivity (Wildman–Crippen MR) is 66.2 cm³/mol. The van der Waals surface area contributed by atoms with Crippen molar-refractivity contribution in [2.24, 2.45) is 5.92 Å². The molecule has 1 fully saturated rings. The molecule has 1 N–H and O–H groups in total. The van der Waals surface area contributed by atoms with Crippen LogP contribution in [0.4, 0.5) is 0 Å². The minimum atomic E-state index is 0.890. The molecule has 0 aliphatic heterocycles. The molecular formula is C14H16N2. The summed E-state index contributed by atoms with van der Waals surface area (Å²) in [7, 11) is 0. The molecule has 2 nitrogen and oxygen atoms in total. The zero-order valence-electron chi connectivity index (χ0n) is 9.32. The first-order valence-corrected chi connectivity index (χ1v) is 5.97. The SMILES string of the molecule is c1ccc2nc(CNCC3CC3)ccc2c1. The Balaban J connectivity index is 1.71. The maximum Gasteiger partial charge on any atom is 0.0705 e. The zero-order chi connectivity index (χ0) is 10.8. The number of fused-ring (bicyclic) bond motifs is 1. The number of nitrogens with zero attached hydrogens (tertiary/aromatic N) is 1. The molecule has 1 aliphatic carbocycles. The van der Waals surface area contributed by atoms with Crippen molar-refractivity contribution in [3.8, 4) is 0 Å². The molecule has 1 heterocycles. The maximum atomic E-state index is 4.63. The smallest absolute Gasteiger partial charge is 0.0705 e. The first-order valence-electron chi connectivity index (χ1n) is 5.97. The van der Waals surface area contributed by atoms with E-state index in [9.17, 15) is 0 Å². The van der Waals surface area contributed by atoms with E-state index in [1.165, 1.54) is 18.2 Å². The second-order valence-electron chi connectivity index (χ2n) is 4.57. The van der Waals surface area contributed by atoms with Gasteiger partial charge in [-0.3, -0.25) is 4.98 Å². The fourth-order valence-electron chi connectivity index (χ4n) is 1.93. The molecule has 0 unspecified atom stereocenters. The minimum Gasteiger partial charge on any atom is -0.311 e. The molecule has 0 bridgehead atoms. The van der Waals surface area contributed by atoms with Crippen molar-refractivity contribution in [3.63, 3.8) is 0 Å². The molecule has 0 radical (unpaired) electrons. The highest BCUT2D eigenvalue weighted by Gasteiger charge is 2.20. The summed E-state index contributed by atoms with van der Waals surface area (Å²) < 4.78 is 0. The summed E-state index contributed by atoms with van der Waals surface area (Å²) in [5, 5.41) is 4.68. The Labute approximate surface area is 95.7 Å². The molecule has 0 saturated heterocycles. The Kier molecular flexibility index (Phi) is 2.58. The maximum absolute atomic E-state index is 4.63. The van der Waals surface area contributed by atoms with Crippen LogP contribution < -0.4 is 5.32 Å². The Bertz CT molecular complexity index is 489. The average Bonchev–Trinajstić information content (AvgIpc) is 3.13. The average molecular weight is 212 g/mol. The largest absolute Gasteiger partial charge is 0.311 e. The Hall–Kier alpha value is -1.41. The van der Waals surface area contributed by atoms with E-state index in [1.54, 1.807) is 0 Å². The highest BCUT2D eigenvalue weighted by atomic mass is 14.9. The summed E-state index contributed by atoms with van der Waals surface area (Å²) in [4.78, 5) is 4.63. The third-order valence-corrected chi connectivity index (χ3v) is 3.09. The second-order valence-corrected chi connectivity index (χ2v) is 4.57. The van der Waals surface area contributed by atoms with Gasteiger partial charge in [-0.25, -0.2) is 0 Å². The lowest BCUT2D eigenvalue weighted by molar-refractivity contribution is 0.631. The van der Waals surface area contributed by atoms with E-state index in [0.717, 1.165) is 30.2 Å². The third kappa shape index (κ3) is 2.22. The first-order chi connectivity index (χ1) is 7.92. The van der Waals surface area contributed by atoms with Crippen LogP contribution in [-0.2, 0) is 6.54 Å². The quantitative estimate of drug-likeness (QED) is 0.843. The molecular weight excluding hydrogens is 196 g/mol. The van der Waals surface area contributed by atoms with Crippen molar-refractivity contribution in [2.45, 2.75) is 19.4 Å². The summed E-state index contributed by atoms with van der Waals surface area (Å²) in [6.45, 7) is 2.04. The summed E-state index contributed by atoms with van der Waals surface area (Å²) >= 11 is 0. The molecule has 1 aromatic carbocycles. The van der Waals surface area contributed by atoms with Gasteiger partial charge in [0.1, 0.15) is 0 Å². The summed E-state index contributed by atoms with van der Waals surface area (Å²) in [5.74, 6) is 0.931. The van der Waals surface area contributed by atoms with E-state index in [-0.39, 0.29) is 0 Å². The molecule has 1 aliphatic rings. The normalized spacial score (nSPS) is 15.5. The molecule has 2 aromatic rings. The van der Waals surface area contributed by atoms with Crippen LogP contribution in [0.3, 0.4) is 0 Å². The van der Waals surface area contributed by atoms with Crippen LogP contribution in [-0.4, -0.2) is 11.5 Å². The van der Waals surface area contributed by atoms with Crippen LogP contribution in [0.25, 0.3) is 10.9 Å². The van der Waals surface area contributed by atoms with Gasteiger partial charge in [-0.1, -0.05) is 24.3 Å². The topological polar surface area (TPSA) is 24.9 Å². The number of hydrogen-bond donors (Lipinski definition) is 1. The molecule has 1 aromatic heterocycles. The molecule has 3 rings (SSSR count). The summed E-state index contributed by atoms with van der Waals surface area (Å²) in [5.41, 5.74) is 2.23. The van der Waals surface area contributed by atoms with Gasteiger partial charge >= 0.3 is 0 Å². The monoisotopic (exact) mass is 212 g/mol. The minimum absolute atomic E-state index is 0.890. The van der Waals surface area contributed by atoms with Crippen molar-refractivity contribution in [1.29, 1.82) is 0 Å². The van der Waals surface area contributed by atoms with Gasteiger partial charge < -0.3 is 5.32 Å². The number of aromatic nitrogens is 1. The molecule has 0 atom stereocenters. The van der Waals surface area contributed by atoms with Crippen LogP contribution in [0, 0.1) is 5.92 Å². The van der Waals surface area contributed by atoms with Crippen LogP contribution in [0.15, 0.2) is 36.4 Å². The van der Waals surface area contributed by atoms with Gasteiger partial charge in [0.2, 0.25) is 0 Å². The third-order valence-electron chi connectivity index (χ3n) is 3.09. The van der Waals surface area contributed by atoms with E-state index < -0.39 is 0 Å². The number of pyridine rings is 1. The van der Waals surface area contributed by atoms with Gasteiger partial charge in [0.15, 0.2) is 0 Å². The lowest BCUT2D eigenvalue weighted by Crippen LogP contribution is -2.16. The molecule has 82 valence electrons. The van der Waals surface area contributed by atoms with E-state index in [4.69, 9.17) is 0 Å². The number of benzene rings is 1. The van der Waals surface area contributed by atoms with Crippen molar-refractivity contribution in [1.82, 2.24) is 10.3 Å². The van der Waals surface area contributed by atoms with Crippen molar-refractivity contribution in [2.75, 3.05) is 6.54 Å². The zero-order valence-corrected chi connectivity index (χ0v) is 9.32. The molecule has 0 amide bonds. The van der Waals surface area contributed by atoms with Gasteiger partial charge in [0, 0.05) is 11.9 Å². The molecule has 16 heavy (non-hydrogen) atoms. The number of rotatable bonds is 4. The van der Waals surface area contributed by atoms with E-state index >= 15 is 0 Å². The Morgan fingerprint density at radius 2 is 2.00 bits per heavy atom. The van der Waals surface area contributed by atoms with Gasteiger partial charge in [-0.05, 0) is 37.4 Å². The van der Waals surface area contributed by atoms with Gasteiger partial charge in [0.05, 0.1) is 11.2 Å². The van der Waals surface area contributed by atoms with Crippen LogP contribution in [0.2, 0.25) is 0 Å². The standard InChI is InChI=1S/C14H16N2/c1-2-4-14-12(3-1)7-8-13(16-14)10-15-9-11-5-6-11/h1-4,7-8,11,15H,5-6,9-10H2.